The van der Waals surface area contributed by atoms with Crippen LogP contribution in [0.15, 0.2) is 48.5 Å². The zero-order chi connectivity index (χ0) is 18.8. The van der Waals surface area contributed by atoms with Crippen molar-refractivity contribution in [1.82, 2.24) is 10.2 Å². The fourth-order valence-corrected chi connectivity index (χ4v) is 2.94. The van der Waals surface area contributed by atoms with Crippen molar-refractivity contribution in [1.29, 1.82) is 5.26 Å². The van der Waals surface area contributed by atoms with E-state index in [4.69, 9.17) is 5.26 Å². The number of fused-ring (bicyclic) bond motifs is 1. The van der Waals surface area contributed by atoms with E-state index in [9.17, 15) is 14.4 Å². The second kappa shape index (κ2) is 6.81. The molecule has 0 bridgehead atoms. The van der Waals surface area contributed by atoms with Crippen molar-refractivity contribution in [3.63, 3.8) is 0 Å². The lowest BCUT2D eigenvalue weighted by Crippen LogP contribution is -2.48. The van der Waals surface area contributed by atoms with Crippen LogP contribution in [-0.2, 0) is 4.79 Å². The summed E-state index contributed by atoms with van der Waals surface area (Å²) in [7, 11) is 0. The predicted octanol–water partition coefficient (Wildman–Crippen LogP) is 2.42. The number of imide groups is 1. The summed E-state index contributed by atoms with van der Waals surface area (Å²) < 4.78 is 0. The van der Waals surface area contributed by atoms with E-state index in [1.165, 1.54) is 6.92 Å². The standard InChI is InChI=1S/C20H17N3O3/c1-12(15-9-7-14(11-21)8-10-15)22-18(24)13(2)23-19(25)16-5-3-4-6-17(16)20(23)26/h3-10,12-13H,1-2H3,(H,22,24). The van der Waals surface area contributed by atoms with Crippen LogP contribution < -0.4 is 5.32 Å². The zero-order valence-corrected chi connectivity index (χ0v) is 14.4. The van der Waals surface area contributed by atoms with Crippen LogP contribution in [0.25, 0.3) is 0 Å². The average Bonchev–Trinajstić information content (AvgIpc) is 2.92. The number of carbonyl (C=O) groups is 3. The molecule has 6 nitrogen and oxygen atoms in total. The molecule has 2 aromatic rings. The van der Waals surface area contributed by atoms with Crippen LogP contribution in [0.2, 0.25) is 0 Å². The summed E-state index contributed by atoms with van der Waals surface area (Å²) in [5.41, 5.74) is 1.99. The molecule has 1 aliphatic rings. The molecule has 2 atom stereocenters. The minimum absolute atomic E-state index is 0.317. The second-order valence-corrected chi connectivity index (χ2v) is 6.17. The molecule has 0 aromatic heterocycles. The molecule has 3 amide bonds. The number of hydrogen-bond donors (Lipinski definition) is 1. The van der Waals surface area contributed by atoms with Crippen LogP contribution >= 0.6 is 0 Å². The minimum Gasteiger partial charge on any atom is -0.348 e. The first-order valence-electron chi connectivity index (χ1n) is 8.21. The third kappa shape index (κ3) is 2.95. The fraction of sp³-hybridized carbons (Fsp3) is 0.200. The molecule has 0 saturated heterocycles. The number of nitriles is 1. The maximum atomic E-state index is 12.6. The maximum Gasteiger partial charge on any atom is 0.262 e. The molecule has 2 aromatic carbocycles. The quantitative estimate of drug-likeness (QED) is 0.860. The molecule has 6 heteroatoms. The number of nitrogens with one attached hydrogen (secondary N) is 1. The Labute approximate surface area is 151 Å². The number of carbonyl (C=O) groups excluding carboxylic acids is 3. The number of nitrogens with zero attached hydrogens (tertiary/aromatic N) is 2. The van der Waals surface area contributed by atoms with Crippen molar-refractivity contribution in [3.8, 4) is 6.07 Å². The van der Waals surface area contributed by atoms with E-state index in [1.54, 1.807) is 55.5 Å². The van der Waals surface area contributed by atoms with Gasteiger partial charge in [-0.2, -0.15) is 5.26 Å². The normalized spacial score (nSPS) is 15.2. The van der Waals surface area contributed by atoms with Gasteiger partial charge in [-0.15, -0.1) is 0 Å². The SMILES string of the molecule is CC(NC(=O)C(C)N1C(=O)c2ccccc2C1=O)c1ccc(C#N)cc1. The maximum absolute atomic E-state index is 12.6. The fourth-order valence-electron chi connectivity index (χ4n) is 2.94. The summed E-state index contributed by atoms with van der Waals surface area (Å²) in [6.07, 6.45) is 0. The molecule has 0 saturated carbocycles. The molecule has 3 rings (SSSR count). The number of amides is 3. The lowest BCUT2D eigenvalue weighted by atomic mass is 10.1. The van der Waals surface area contributed by atoms with Crippen LogP contribution in [-0.4, -0.2) is 28.7 Å². The van der Waals surface area contributed by atoms with Crippen molar-refractivity contribution in [2.24, 2.45) is 0 Å². The molecule has 1 heterocycles. The highest BCUT2D eigenvalue weighted by Gasteiger charge is 2.40. The number of hydrogen-bond acceptors (Lipinski definition) is 4. The minimum atomic E-state index is -0.928. The van der Waals surface area contributed by atoms with E-state index in [0.717, 1.165) is 10.5 Å². The van der Waals surface area contributed by atoms with Gasteiger partial charge in [0.05, 0.1) is 28.8 Å². The van der Waals surface area contributed by atoms with Gasteiger partial charge in [-0.1, -0.05) is 24.3 Å². The van der Waals surface area contributed by atoms with Crippen molar-refractivity contribution < 1.29 is 14.4 Å². The Morgan fingerprint density at radius 1 is 1.00 bits per heavy atom. The van der Waals surface area contributed by atoms with Gasteiger partial charge in [0.15, 0.2) is 0 Å². The first-order chi connectivity index (χ1) is 12.4. The van der Waals surface area contributed by atoms with E-state index >= 15 is 0 Å². The van der Waals surface area contributed by atoms with E-state index in [-0.39, 0.29) is 6.04 Å². The Kier molecular flexibility index (Phi) is 4.55. The Morgan fingerprint density at radius 3 is 2.04 bits per heavy atom. The molecule has 26 heavy (non-hydrogen) atoms. The predicted molar refractivity (Wildman–Crippen MR) is 94.1 cm³/mol. The zero-order valence-electron chi connectivity index (χ0n) is 14.4. The number of rotatable bonds is 4. The van der Waals surface area contributed by atoms with Crippen LogP contribution in [0.5, 0.6) is 0 Å². The Balaban J connectivity index is 1.73. The Morgan fingerprint density at radius 2 is 1.54 bits per heavy atom. The lowest BCUT2D eigenvalue weighted by molar-refractivity contribution is -0.125. The van der Waals surface area contributed by atoms with Gasteiger partial charge < -0.3 is 5.32 Å². The first-order valence-corrected chi connectivity index (χ1v) is 8.21. The second-order valence-electron chi connectivity index (χ2n) is 6.17. The summed E-state index contributed by atoms with van der Waals surface area (Å²) in [6.45, 7) is 3.33. The topological polar surface area (TPSA) is 90.3 Å². The molecule has 0 fully saturated rings. The van der Waals surface area contributed by atoms with Gasteiger partial charge in [0.1, 0.15) is 6.04 Å². The summed E-state index contributed by atoms with van der Waals surface area (Å²) in [6, 6.07) is 14.2. The highest BCUT2D eigenvalue weighted by molar-refractivity contribution is 6.22. The van der Waals surface area contributed by atoms with Gasteiger partial charge in [-0.05, 0) is 43.7 Å². The monoisotopic (exact) mass is 347 g/mol. The third-order valence-corrected chi connectivity index (χ3v) is 4.49. The van der Waals surface area contributed by atoms with Gasteiger partial charge in [0, 0.05) is 0 Å². The molecule has 0 aliphatic carbocycles. The van der Waals surface area contributed by atoms with Crippen LogP contribution in [0, 0.1) is 11.3 Å². The van der Waals surface area contributed by atoms with Crippen LogP contribution in [0.3, 0.4) is 0 Å². The van der Waals surface area contributed by atoms with E-state index in [0.29, 0.717) is 16.7 Å². The van der Waals surface area contributed by atoms with Crippen molar-refractivity contribution in [2.45, 2.75) is 25.9 Å². The van der Waals surface area contributed by atoms with Crippen molar-refractivity contribution in [2.75, 3.05) is 0 Å². The summed E-state index contributed by atoms with van der Waals surface area (Å²) in [5.74, 6) is -1.34. The van der Waals surface area contributed by atoms with E-state index < -0.39 is 23.8 Å². The van der Waals surface area contributed by atoms with Gasteiger partial charge in [-0.3, -0.25) is 19.3 Å². The van der Waals surface area contributed by atoms with E-state index in [2.05, 4.69) is 5.32 Å². The Hall–Kier alpha value is -3.46. The third-order valence-electron chi connectivity index (χ3n) is 4.49. The lowest BCUT2D eigenvalue weighted by Gasteiger charge is -2.24. The molecule has 2 unspecified atom stereocenters. The summed E-state index contributed by atoms with van der Waals surface area (Å²) in [4.78, 5) is 38.5. The van der Waals surface area contributed by atoms with Crippen molar-refractivity contribution >= 4 is 17.7 Å². The van der Waals surface area contributed by atoms with Crippen molar-refractivity contribution in [3.05, 3.63) is 70.8 Å². The Bertz CT molecular complexity index is 893. The molecule has 130 valence electrons. The first kappa shape index (κ1) is 17.4. The molecule has 0 radical (unpaired) electrons. The molecular formula is C20H17N3O3. The average molecular weight is 347 g/mol. The molecule has 1 N–H and O–H groups in total. The highest BCUT2D eigenvalue weighted by Crippen LogP contribution is 2.25. The highest BCUT2D eigenvalue weighted by atomic mass is 16.2. The molecule has 1 aliphatic heterocycles. The smallest absolute Gasteiger partial charge is 0.262 e. The summed E-state index contributed by atoms with van der Waals surface area (Å²) >= 11 is 0. The van der Waals surface area contributed by atoms with Gasteiger partial charge in [0.2, 0.25) is 5.91 Å². The molecule has 0 spiro atoms. The van der Waals surface area contributed by atoms with Gasteiger partial charge in [0.25, 0.3) is 11.8 Å². The number of benzene rings is 2. The summed E-state index contributed by atoms with van der Waals surface area (Å²) in [5, 5.41) is 11.7. The molecular weight excluding hydrogens is 330 g/mol. The van der Waals surface area contributed by atoms with E-state index in [1.807, 2.05) is 6.07 Å². The van der Waals surface area contributed by atoms with Crippen LogP contribution in [0.1, 0.15) is 51.7 Å². The van der Waals surface area contributed by atoms with Gasteiger partial charge in [-0.25, -0.2) is 0 Å². The van der Waals surface area contributed by atoms with Gasteiger partial charge >= 0.3 is 0 Å². The largest absolute Gasteiger partial charge is 0.348 e. The van der Waals surface area contributed by atoms with Crippen LogP contribution in [0.4, 0.5) is 0 Å².